The molecule has 0 fully saturated rings. The lowest BCUT2D eigenvalue weighted by Crippen LogP contribution is -2.51. The van der Waals surface area contributed by atoms with E-state index >= 15 is 0 Å². The fourth-order valence-corrected chi connectivity index (χ4v) is 1.26. The van der Waals surface area contributed by atoms with E-state index in [-0.39, 0.29) is 6.07 Å². The van der Waals surface area contributed by atoms with Crippen molar-refractivity contribution in [2.24, 2.45) is 0 Å². The molecule has 0 unspecified atom stereocenters. The minimum Gasteiger partial charge on any atom is -0.480 e. The number of benzene rings is 1. The lowest BCUT2D eigenvalue weighted by molar-refractivity contribution is -0.387. The Morgan fingerprint density at radius 2 is 1.86 bits per heavy atom. The molecule has 114 valence electrons. The number of aliphatic carboxylic acids is 1. The van der Waals surface area contributed by atoms with Gasteiger partial charge in [-0.05, 0) is 13.8 Å². The highest BCUT2D eigenvalue weighted by Crippen LogP contribution is 2.25. The highest BCUT2D eigenvalue weighted by Gasteiger charge is 2.29. The predicted molar refractivity (Wildman–Crippen MR) is 66.9 cm³/mol. The Labute approximate surface area is 116 Å². The van der Waals surface area contributed by atoms with Crippen LogP contribution in [0.3, 0.4) is 0 Å². The van der Waals surface area contributed by atoms with Crippen LogP contribution < -0.4 is 10.6 Å². The third-order valence-electron chi connectivity index (χ3n) is 2.44. The van der Waals surface area contributed by atoms with Gasteiger partial charge in [-0.2, -0.15) is 4.39 Å². The number of halogens is 2. The monoisotopic (exact) mass is 303 g/mol. The summed E-state index contributed by atoms with van der Waals surface area (Å²) < 4.78 is 26.5. The maximum absolute atomic E-state index is 13.4. The highest BCUT2D eigenvalue weighted by molar-refractivity contribution is 5.93. The third-order valence-corrected chi connectivity index (χ3v) is 2.44. The van der Waals surface area contributed by atoms with Gasteiger partial charge in [-0.15, -0.1) is 0 Å². The van der Waals surface area contributed by atoms with Crippen molar-refractivity contribution in [3.8, 4) is 0 Å². The zero-order valence-electron chi connectivity index (χ0n) is 10.9. The van der Waals surface area contributed by atoms with Gasteiger partial charge in [0.2, 0.25) is 5.82 Å². The summed E-state index contributed by atoms with van der Waals surface area (Å²) >= 11 is 0. The number of nitro benzene ring substituents is 1. The van der Waals surface area contributed by atoms with Crippen molar-refractivity contribution in [1.82, 2.24) is 5.32 Å². The number of hydrogen-bond donors (Lipinski definition) is 3. The Kier molecular flexibility index (Phi) is 4.41. The summed E-state index contributed by atoms with van der Waals surface area (Å²) in [4.78, 5) is 31.8. The summed E-state index contributed by atoms with van der Waals surface area (Å²) in [5.41, 5.74) is -3.32. The molecule has 2 amide bonds. The summed E-state index contributed by atoms with van der Waals surface area (Å²) in [6.07, 6.45) is 0. The van der Waals surface area contributed by atoms with Gasteiger partial charge in [0.25, 0.3) is 0 Å². The Morgan fingerprint density at radius 1 is 1.29 bits per heavy atom. The van der Waals surface area contributed by atoms with Crippen LogP contribution in [0.4, 0.5) is 25.0 Å². The minimum absolute atomic E-state index is 0.246. The number of carboxylic acid groups (broad SMARTS) is 1. The van der Waals surface area contributed by atoms with E-state index < -0.39 is 45.5 Å². The number of hydrogen-bond acceptors (Lipinski definition) is 4. The van der Waals surface area contributed by atoms with Crippen molar-refractivity contribution in [3.63, 3.8) is 0 Å². The molecule has 0 spiro atoms. The largest absolute Gasteiger partial charge is 0.480 e. The molecule has 0 saturated heterocycles. The van der Waals surface area contributed by atoms with Crippen molar-refractivity contribution in [1.29, 1.82) is 0 Å². The molecule has 0 aliphatic rings. The fourth-order valence-electron chi connectivity index (χ4n) is 1.26. The average Bonchev–Trinajstić information content (AvgIpc) is 2.31. The molecule has 0 aromatic heterocycles. The van der Waals surface area contributed by atoms with Crippen LogP contribution in [-0.2, 0) is 4.79 Å². The van der Waals surface area contributed by atoms with Gasteiger partial charge in [0.1, 0.15) is 11.4 Å². The van der Waals surface area contributed by atoms with Gasteiger partial charge in [0.15, 0.2) is 0 Å². The molecule has 21 heavy (non-hydrogen) atoms. The van der Waals surface area contributed by atoms with Crippen molar-refractivity contribution in [2.45, 2.75) is 19.4 Å². The number of carbonyl (C=O) groups excluding carboxylic acids is 1. The number of carbonyl (C=O) groups is 2. The molecule has 10 heteroatoms. The van der Waals surface area contributed by atoms with Crippen LogP contribution in [0.5, 0.6) is 0 Å². The maximum Gasteiger partial charge on any atom is 0.328 e. The zero-order valence-corrected chi connectivity index (χ0v) is 10.9. The van der Waals surface area contributed by atoms with Crippen molar-refractivity contribution >= 4 is 23.4 Å². The Morgan fingerprint density at radius 3 is 2.33 bits per heavy atom. The number of nitrogens with one attached hydrogen (secondary N) is 2. The smallest absolute Gasteiger partial charge is 0.328 e. The lowest BCUT2D eigenvalue weighted by atomic mass is 10.1. The molecule has 0 bridgehead atoms. The van der Waals surface area contributed by atoms with Gasteiger partial charge in [-0.1, -0.05) is 0 Å². The molecule has 0 aliphatic heterocycles. The number of nitrogens with zero attached hydrogens (tertiary/aromatic N) is 1. The fraction of sp³-hybridized carbons (Fsp3) is 0.273. The Bertz CT molecular complexity index is 618. The molecule has 1 rings (SSSR count). The number of anilines is 1. The van der Waals surface area contributed by atoms with Crippen molar-refractivity contribution < 1.29 is 28.4 Å². The summed E-state index contributed by atoms with van der Waals surface area (Å²) in [5.74, 6) is -3.97. The van der Waals surface area contributed by atoms with Crippen molar-refractivity contribution in [2.75, 3.05) is 5.32 Å². The normalized spacial score (nSPS) is 10.9. The molecule has 0 heterocycles. The first-order valence-electron chi connectivity index (χ1n) is 5.50. The van der Waals surface area contributed by atoms with E-state index in [0.29, 0.717) is 6.07 Å². The summed E-state index contributed by atoms with van der Waals surface area (Å²) in [5, 5.41) is 23.2. The predicted octanol–water partition coefficient (Wildman–Crippen LogP) is 1.86. The van der Waals surface area contributed by atoms with E-state index in [9.17, 15) is 28.5 Å². The van der Waals surface area contributed by atoms with E-state index in [0.717, 1.165) is 0 Å². The summed E-state index contributed by atoms with van der Waals surface area (Å²) in [7, 11) is 0. The number of rotatable bonds is 4. The first-order valence-corrected chi connectivity index (χ1v) is 5.50. The second-order valence-corrected chi connectivity index (χ2v) is 4.55. The van der Waals surface area contributed by atoms with Gasteiger partial charge in [0, 0.05) is 12.1 Å². The number of nitro groups is 1. The van der Waals surface area contributed by atoms with Gasteiger partial charge < -0.3 is 15.7 Å². The molecular formula is C11H11F2N3O5. The van der Waals surface area contributed by atoms with E-state index in [4.69, 9.17) is 5.11 Å². The highest BCUT2D eigenvalue weighted by atomic mass is 19.1. The first kappa shape index (κ1) is 16.3. The molecule has 8 nitrogen and oxygen atoms in total. The summed E-state index contributed by atoms with van der Waals surface area (Å²) in [6.45, 7) is 2.36. The molecule has 0 radical (unpaired) electrons. The Balaban J connectivity index is 2.98. The number of amides is 2. The molecule has 1 aromatic rings. The van der Waals surface area contributed by atoms with Gasteiger partial charge in [-0.3, -0.25) is 10.1 Å². The van der Waals surface area contributed by atoms with Gasteiger partial charge >= 0.3 is 17.7 Å². The van der Waals surface area contributed by atoms with E-state index in [1.165, 1.54) is 13.8 Å². The SMILES string of the molecule is CC(C)(NC(=O)Nc1cc([N+](=O)[O-])c(F)cc1F)C(=O)O. The second-order valence-electron chi connectivity index (χ2n) is 4.55. The second kappa shape index (κ2) is 5.69. The number of urea groups is 1. The van der Waals surface area contributed by atoms with Gasteiger partial charge in [0.05, 0.1) is 10.6 Å². The summed E-state index contributed by atoms with van der Waals surface area (Å²) in [6, 6.07) is -0.365. The van der Waals surface area contributed by atoms with Crippen LogP contribution in [0.1, 0.15) is 13.8 Å². The van der Waals surface area contributed by atoms with Crippen LogP contribution >= 0.6 is 0 Å². The zero-order chi connectivity index (χ0) is 16.4. The maximum atomic E-state index is 13.4. The number of carboxylic acids is 1. The lowest BCUT2D eigenvalue weighted by Gasteiger charge is -2.21. The van der Waals surface area contributed by atoms with Crippen LogP contribution in [0, 0.1) is 21.7 Å². The molecular weight excluding hydrogens is 292 g/mol. The topological polar surface area (TPSA) is 122 Å². The quantitative estimate of drug-likeness (QED) is 0.579. The molecule has 0 aliphatic carbocycles. The Hall–Kier alpha value is -2.78. The minimum atomic E-state index is -1.65. The molecule has 3 N–H and O–H groups in total. The molecule has 0 atom stereocenters. The van der Waals surface area contributed by atoms with E-state index in [2.05, 4.69) is 0 Å². The van der Waals surface area contributed by atoms with E-state index in [1.54, 1.807) is 0 Å². The van der Waals surface area contributed by atoms with Crippen LogP contribution in [-0.4, -0.2) is 27.6 Å². The van der Waals surface area contributed by atoms with Crippen LogP contribution in [0.2, 0.25) is 0 Å². The van der Waals surface area contributed by atoms with Crippen molar-refractivity contribution in [3.05, 3.63) is 33.9 Å². The average molecular weight is 303 g/mol. The molecule has 0 saturated carbocycles. The third kappa shape index (κ3) is 3.84. The van der Waals surface area contributed by atoms with E-state index in [1.807, 2.05) is 10.6 Å². The molecule has 1 aromatic carbocycles. The van der Waals surface area contributed by atoms with Gasteiger partial charge in [-0.25, -0.2) is 14.0 Å². The van der Waals surface area contributed by atoms with Crippen LogP contribution in [0.15, 0.2) is 12.1 Å². The standard InChI is InChI=1S/C11H11F2N3O5/c1-11(2,9(17)18)15-10(19)14-7-4-8(16(20)21)6(13)3-5(7)12/h3-4H,1-2H3,(H,17,18)(H2,14,15,19). The first-order chi connectivity index (χ1) is 9.54. The van der Waals surface area contributed by atoms with Crippen LogP contribution in [0.25, 0.3) is 0 Å².